The number of carbonyl (C=O) groups is 2. The Bertz CT molecular complexity index is 2880. The maximum atomic E-state index is 13.8. The molecule has 0 saturated heterocycles. The third-order valence-corrected chi connectivity index (χ3v) is 12.0. The average molecular weight is 783 g/mol. The lowest BCUT2D eigenvalue weighted by Crippen LogP contribution is -2.29. The van der Waals surface area contributed by atoms with E-state index in [1.165, 1.54) is 0 Å². The van der Waals surface area contributed by atoms with Crippen LogP contribution in [0.4, 0.5) is 0 Å². The largest absolute Gasteiger partial charge is 0.457 e. The van der Waals surface area contributed by atoms with Gasteiger partial charge in [0.1, 0.15) is 22.3 Å². The number of hydrogen-bond donors (Lipinski definition) is 0. The Hall–Kier alpha value is -7.98. The van der Waals surface area contributed by atoms with Gasteiger partial charge in [-0.25, -0.2) is 0 Å². The van der Waals surface area contributed by atoms with Crippen molar-refractivity contribution in [2.75, 3.05) is 0 Å². The summed E-state index contributed by atoms with van der Waals surface area (Å²) in [5, 5.41) is 0. The first-order valence-electron chi connectivity index (χ1n) is 20.5. The average Bonchev–Trinajstić information content (AvgIpc) is 3.50. The predicted octanol–water partition coefficient (Wildman–Crippen LogP) is 11.7. The second kappa shape index (κ2) is 15.6. The van der Waals surface area contributed by atoms with Gasteiger partial charge >= 0.3 is 0 Å². The van der Waals surface area contributed by atoms with E-state index in [9.17, 15) is 9.59 Å². The summed E-state index contributed by atoms with van der Waals surface area (Å²) < 4.78 is 6.57. The van der Waals surface area contributed by atoms with Crippen LogP contribution in [0.1, 0.15) is 76.4 Å². The Labute approximate surface area is 356 Å². The molecule has 0 saturated carbocycles. The zero-order chi connectivity index (χ0) is 41.2. The lowest BCUT2D eigenvalue weighted by Gasteiger charge is -2.32. The summed E-state index contributed by atoms with van der Waals surface area (Å²) in [6.45, 7) is 0. The molecule has 0 aliphatic heterocycles. The molecule has 2 unspecified atom stereocenters. The molecule has 0 heterocycles. The van der Waals surface area contributed by atoms with Crippen molar-refractivity contribution in [1.82, 2.24) is 0 Å². The van der Waals surface area contributed by atoms with Crippen LogP contribution in [0.2, 0.25) is 0 Å². The van der Waals surface area contributed by atoms with Gasteiger partial charge in [-0.05, 0) is 93.0 Å². The molecule has 2 aliphatic rings. The van der Waals surface area contributed by atoms with E-state index in [2.05, 4.69) is 60.1 Å². The Balaban J connectivity index is 1.06. The highest BCUT2D eigenvalue weighted by molar-refractivity contribution is 6.02. The van der Waals surface area contributed by atoms with Crippen LogP contribution in [0, 0.1) is 23.7 Å². The van der Waals surface area contributed by atoms with Crippen molar-refractivity contribution < 1.29 is 14.3 Å². The van der Waals surface area contributed by atoms with E-state index in [0.717, 1.165) is 55.6 Å². The van der Waals surface area contributed by atoms with E-state index in [4.69, 9.17) is 4.74 Å². The summed E-state index contributed by atoms with van der Waals surface area (Å²) in [5.74, 6) is 15.9. The van der Waals surface area contributed by atoms with Crippen LogP contribution in [0.15, 0.2) is 206 Å². The van der Waals surface area contributed by atoms with Crippen LogP contribution in [-0.2, 0) is 23.7 Å². The SMILES string of the molecule is O=C1Cc2ccccc2C(C#Cc2ccccc2)(c2ccc(Oc3ccc(C4(C#Cc5ccccc5)c5ccccc5CC(=O)c5ccccc54)cc3)cc2)c2ccccc21. The first-order valence-corrected chi connectivity index (χ1v) is 20.5. The molecule has 0 aromatic heterocycles. The van der Waals surface area contributed by atoms with Gasteiger partial charge in [0.05, 0.1) is 0 Å². The predicted molar refractivity (Wildman–Crippen MR) is 241 cm³/mol. The maximum Gasteiger partial charge on any atom is 0.167 e. The zero-order valence-corrected chi connectivity index (χ0v) is 33.3. The van der Waals surface area contributed by atoms with E-state index >= 15 is 0 Å². The normalized spacial score (nSPS) is 17.3. The van der Waals surface area contributed by atoms with Crippen LogP contribution >= 0.6 is 0 Å². The number of rotatable bonds is 4. The van der Waals surface area contributed by atoms with Gasteiger partial charge < -0.3 is 4.74 Å². The quantitative estimate of drug-likeness (QED) is 0.167. The molecule has 0 radical (unpaired) electrons. The Morgan fingerprint density at radius 3 is 1.11 bits per heavy atom. The maximum absolute atomic E-state index is 13.8. The van der Waals surface area contributed by atoms with Gasteiger partial charge in [0, 0.05) is 35.1 Å². The fourth-order valence-electron chi connectivity index (χ4n) is 9.11. The molecule has 8 aromatic carbocycles. The van der Waals surface area contributed by atoms with E-state index in [0.29, 0.717) is 35.5 Å². The molecular formula is C58H38O3. The summed E-state index contributed by atoms with van der Waals surface area (Å²) in [6.07, 6.45) is 0.595. The minimum absolute atomic E-state index is 0.0742. The van der Waals surface area contributed by atoms with Crippen molar-refractivity contribution in [2.24, 2.45) is 0 Å². The third kappa shape index (κ3) is 6.64. The fourth-order valence-corrected chi connectivity index (χ4v) is 9.11. The van der Waals surface area contributed by atoms with E-state index in [-0.39, 0.29) is 11.6 Å². The first-order chi connectivity index (χ1) is 30.0. The lowest BCUT2D eigenvalue weighted by atomic mass is 9.68. The van der Waals surface area contributed by atoms with Gasteiger partial charge in [0.25, 0.3) is 0 Å². The number of ether oxygens (including phenoxy) is 1. The molecule has 0 N–H and O–H groups in total. The van der Waals surface area contributed by atoms with Crippen LogP contribution in [-0.4, -0.2) is 11.6 Å². The number of fused-ring (bicyclic) bond motifs is 4. The second-order valence-corrected chi connectivity index (χ2v) is 15.5. The molecule has 0 spiro atoms. The molecule has 8 aromatic rings. The van der Waals surface area contributed by atoms with Gasteiger partial charge in [0.15, 0.2) is 11.6 Å². The van der Waals surface area contributed by atoms with E-state index < -0.39 is 10.8 Å². The van der Waals surface area contributed by atoms with Crippen molar-refractivity contribution in [1.29, 1.82) is 0 Å². The molecule has 10 rings (SSSR count). The molecular weight excluding hydrogens is 745 g/mol. The van der Waals surface area contributed by atoms with Crippen molar-refractivity contribution >= 4 is 11.6 Å². The Morgan fingerprint density at radius 2 is 0.705 bits per heavy atom. The van der Waals surface area contributed by atoms with Gasteiger partial charge in [-0.3, -0.25) is 9.59 Å². The first kappa shape index (κ1) is 37.3. The highest BCUT2D eigenvalue weighted by Gasteiger charge is 2.43. The second-order valence-electron chi connectivity index (χ2n) is 15.5. The summed E-state index contributed by atoms with van der Waals surface area (Å²) in [7, 11) is 0. The zero-order valence-electron chi connectivity index (χ0n) is 33.3. The number of ketones is 2. The monoisotopic (exact) mass is 782 g/mol. The fraction of sp³-hybridized carbons (Fsp3) is 0.0690. The molecule has 288 valence electrons. The highest BCUT2D eigenvalue weighted by atomic mass is 16.5. The number of Topliss-reactive ketones (excluding diaryl/α,β-unsaturated/α-hetero) is 2. The molecule has 0 bridgehead atoms. The summed E-state index contributed by atoms with van der Waals surface area (Å²) >= 11 is 0. The standard InChI is InChI=1S/C58H38O3/c59-55-39-43-19-7-11-23-51(43)57(53-25-13-9-21-49(53)55,37-35-41-15-3-1-4-16-41)45-27-31-47(32-28-45)61-48-33-29-46(30-34-48)58(38-36-42-17-5-2-6-18-42)52-24-12-8-20-44(52)40-56(60)50-22-10-14-26-54(50)58/h1-34H,39-40H2. The van der Waals surface area contributed by atoms with Crippen LogP contribution < -0.4 is 4.74 Å². The lowest BCUT2D eigenvalue weighted by molar-refractivity contribution is 0.0984. The van der Waals surface area contributed by atoms with Gasteiger partial charge in [-0.2, -0.15) is 0 Å². The van der Waals surface area contributed by atoms with Crippen LogP contribution in [0.3, 0.4) is 0 Å². The van der Waals surface area contributed by atoms with Crippen molar-refractivity contribution in [2.45, 2.75) is 23.7 Å². The molecule has 2 aliphatic carbocycles. The number of carbonyl (C=O) groups excluding carboxylic acids is 2. The van der Waals surface area contributed by atoms with Gasteiger partial charge in [0.2, 0.25) is 0 Å². The van der Waals surface area contributed by atoms with Crippen molar-refractivity contribution in [3.05, 3.63) is 273 Å². The summed E-state index contributed by atoms with van der Waals surface area (Å²) in [6, 6.07) is 68.2. The van der Waals surface area contributed by atoms with Crippen molar-refractivity contribution in [3.63, 3.8) is 0 Å². The molecule has 0 amide bonds. The molecule has 2 atom stereocenters. The minimum Gasteiger partial charge on any atom is -0.457 e. The molecule has 3 nitrogen and oxygen atoms in total. The number of hydrogen-bond acceptors (Lipinski definition) is 3. The van der Waals surface area contributed by atoms with E-state index in [1.807, 2.05) is 170 Å². The summed E-state index contributed by atoms with van der Waals surface area (Å²) in [4.78, 5) is 27.7. The van der Waals surface area contributed by atoms with Crippen LogP contribution in [0.25, 0.3) is 0 Å². The Kier molecular flexibility index (Phi) is 9.57. The minimum atomic E-state index is -0.933. The Morgan fingerprint density at radius 1 is 0.361 bits per heavy atom. The highest BCUT2D eigenvalue weighted by Crippen LogP contribution is 2.47. The van der Waals surface area contributed by atoms with E-state index in [1.54, 1.807) is 0 Å². The summed E-state index contributed by atoms with van der Waals surface area (Å²) in [5.41, 5.74) is 8.79. The van der Waals surface area contributed by atoms with Crippen molar-refractivity contribution in [3.8, 4) is 35.2 Å². The molecule has 3 heteroatoms. The topological polar surface area (TPSA) is 43.4 Å². The van der Waals surface area contributed by atoms with Crippen LogP contribution in [0.5, 0.6) is 11.5 Å². The molecule has 61 heavy (non-hydrogen) atoms. The smallest absolute Gasteiger partial charge is 0.167 e. The van der Waals surface area contributed by atoms with Gasteiger partial charge in [-0.15, -0.1) is 0 Å². The third-order valence-electron chi connectivity index (χ3n) is 12.0. The molecule has 0 fully saturated rings. The number of benzene rings is 8. The van der Waals surface area contributed by atoms with Gasteiger partial charge in [-0.1, -0.05) is 181 Å².